The van der Waals surface area contributed by atoms with Crippen molar-refractivity contribution in [1.29, 1.82) is 0 Å². The van der Waals surface area contributed by atoms with Gasteiger partial charge in [0.05, 0.1) is 10.5 Å². The minimum atomic E-state index is -3.65. The van der Waals surface area contributed by atoms with E-state index in [-0.39, 0.29) is 29.0 Å². The highest BCUT2D eigenvalue weighted by Gasteiger charge is 2.25. The van der Waals surface area contributed by atoms with Crippen LogP contribution in [0.5, 0.6) is 0 Å². The van der Waals surface area contributed by atoms with Crippen LogP contribution in [0.2, 0.25) is 0 Å². The minimum absolute atomic E-state index is 0.0306. The molecule has 1 N–H and O–H groups in total. The van der Waals surface area contributed by atoms with Gasteiger partial charge in [-0.2, -0.15) is 4.31 Å². The lowest BCUT2D eigenvalue weighted by molar-refractivity contribution is -0.124. The zero-order valence-corrected chi connectivity index (χ0v) is 14.6. The van der Waals surface area contributed by atoms with Gasteiger partial charge in [0.2, 0.25) is 10.0 Å². The lowest BCUT2D eigenvalue weighted by atomic mass is 10.2. The summed E-state index contributed by atoms with van der Waals surface area (Å²) in [5.74, 6) is -1.07. The second-order valence-electron chi connectivity index (χ2n) is 5.54. The Morgan fingerprint density at radius 3 is 2.50 bits per heavy atom. The highest BCUT2D eigenvalue weighted by molar-refractivity contribution is 7.89. The van der Waals surface area contributed by atoms with Gasteiger partial charge in [-0.1, -0.05) is 19.9 Å². The van der Waals surface area contributed by atoms with E-state index in [1.807, 2.05) is 0 Å². The lowest BCUT2D eigenvalue weighted by Gasteiger charge is -2.18. The van der Waals surface area contributed by atoms with Gasteiger partial charge < -0.3 is 10.1 Å². The van der Waals surface area contributed by atoms with Crippen LogP contribution in [0.25, 0.3) is 0 Å². The number of sulfonamides is 1. The molecule has 1 amide bonds. The molecule has 1 aromatic carbocycles. The Bertz CT molecular complexity index is 709. The number of nitrogens with zero attached hydrogens (tertiary/aromatic N) is 1. The SMILES string of the molecule is CCN(CC)S(=O)(=O)c1cccc(C(=O)OCC(=O)NC2CC2)c1. The number of nitrogens with one attached hydrogen (secondary N) is 1. The second kappa shape index (κ2) is 7.76. The van der Waals surface area contributed by atoms with E-state index in [0.717, 1.165) is 12.8 Å². The first-order chi connectivity index (χ1) is 11.4. The second-order valence-corrected chi connectivity index (χ2v) is 7.47. The monoisotopic (exact) mass is 354 g/mol. The van der Waals surface area contributed by atoms with Crippen LogP contribution in [0, 0.1) is 0 Å². The first-order valence-electron chi connectivity index (χ1n) is 7.95. The van der Waals surface area contributed by atoms with Crippen molar-refractivity contribution in [1.82, 2.24) is 9.62 Å². The molecule has 132 valence electrons. The number of carbonyl (C=O) groups excluding carboxylic acids is 2. The number of amides is 1. The summed E-state index contributed by atoms with van der Waals surface area (Å²) in [7, 11) is -3.65. The topological polar surface area (TPSA) is 92.8 Å². The molecule has 1 saturated carbocycles. The third-order valence-corrected chi connectivity index (χ3v) is 5.74. The molecule has 24 heavy (non-hydrogen) atoms. The quantitative estimate of drug-likeness (QED) is 0.707. The smallest absolute Gasteiger partial charge is 0.338 e. The van der Waals surface area contributed by atoms with Gasteiger partial charge in [0, 0.05) is 19.1 Å². The molecule has 1 aromatic rings. The van der Waals surface area contributed by atoms with Crippen molar-refractivity contribution in [3.63, 3.8) is 0 Å². The first-order valence-corrected chi connectivity index (χ1v) is 9.39. The van der Waals surface area contributed by atoms with Crippen LogP contribution in [0.4, 0.5) is 0 Å². The van der Waals surface area contributed by atoms with Crippen LogP contribution in [0.15, 0.2) is 29.2 Å². The van der Waals surface area contributed by atoms with E-state index in [4.69, 9.17) is 4.74 Å². The fraction of sp³-hybridized carbons (Fsp3) is 0.500. The van der Waals surface area contributed by atoms with E-state index in [9.17, 15) is 18.0 Å². The molecule has 0 aromatic heterocycles. The van der Waals surface area contributed by atoms with Crippen LogP contribution < -0.4 is 5.32 Å². The van der Waals surface area contributed by atoms with Crippen molar-refractivity contribution in [3.8, 4) is 0 Å². The summed E-state index contributed by atoms with van der Waals surface area (Å²) in [4.78, 5) is 23.6. The minimum Gasteiger partial charge on any atom is -0.452 e. The maximum atomic E-state index is 12.5. The number of benzene rings is 1. The van der Waals surface area contributed by atoms with Gasteiger partial charge >= 0.3 is 5.97 Å². The Hall–Kier alpha value is -1.93. The summed E-state index contributed by atoms with van der Waals surface area (Å²) in [5, 5.41) is 2.71. The number of hydrogen-bond acceptors (Lipinski definition) is 5. The Morgan fingerprint density at radius 2 is 1.92 bits per heavy atom. The van der Waals surface area contributed by atoms with Crippen molar-refractivity contribution in [2.24, 2.45) is 0 Å². The maximum absolute atomic E-state index is 12.5. The van der Waals surface area contributed by atoms with Crippen molar-refractivity contribution in [2.45, 2.75) is 37.6 Å². The van der Waals surface area contributed by atoms with E-state index >= 15 is 0 Å². The van der Waals surface area contributed by atoms with Crippen molar-refractivity contribution in [3.05, 3.63) is 29.8 Å². The Morgan fingerprint density at radius 1 is 1.25 bits per heavy atom. The number of ether oxygens (including phenoxy) is 1. The predicted octanol–water partition coefficient (Wildman–Crippen LogP) is 1.15. The van der Waals surface area contributed by atoms with Gasteiger partial charge in [0.25, 0.3) is 5.91 Å². The van der Waals surface area contributed by atoms with Gasteiger partial charge in [-0.3, -0.25) is 4.79 Å². The van der Waals surface area contributed by atoms with Crippen molar-refractivity contribution >= 4 is 21.9 Å². The molecule has 0 bridgehead atoms. The van der Waals surface area contributed by atoms with E-state index in [1.54, 1.807) is 13.8 Å². The summed E-state index contributed by atoms with van der Waals surface area (Å²) in [6, 6.07) is 5.84. The molecule has 8 heteroatoms. The summed E-state index contributed by atoms with van der Waals surface area (Å²) in [6.45, 7) is 3.81. The Kier molecular flexibility index (Phi) is 5.95. The van der Waals surface area contributed by atoms with Gasteiger partial charge in [0.1, 0.15) is 0 Å². The van der Waals surface area contributed by atoms with Crippen LogP contribution in [0.3, 0.4) is 0 Å². The van der Waals surface area contributed by atoms with Crippen LogP contribution in [-0.4, -0.2) is 50.3 Å². The molecular formula is C16H22N2O5S. The molecule has 0 saturated heterocycles. The average molecular weight is 354 g/mol. The first kappa shape index (κ1) is 18.4. The van der Waals surface area contributed by atoms with E-state index < -0.39 is 16.0 Å². The number of esters is 1. The molecule has 0 aliphatic heterocycles. The molecule has 0 unspecified atom stereocenters. The van der Waals surface area contributed by atoms with E-state index in [1.165, 1.54) is 28.6 Å². The Labute approximate surface area is 142 Å². The molecule has 1 aliphatic rings. The van der Waals surface area contributed by atoms with Gasteiger partial charge in [-0.15, -0.1) is 0 Å². The normalized spacial score (nSPS) is 14.5. The van der Waals surface area contributed by atoms with Crippen LogP contribution >= 0.6 is 0 Å². The van der Waals surface area contributed by atoms with Crippen LogP contribution in [0.1, 0.15) is 37.0 Å². The molecule has 0 heterocycles. The highest BCUT2D eigenvalue weighted by Crippen LogP contribution is 2.19. The zero-order chi connectivity index (χ0) is 17.7. The fourth-order valence-electron chi connectivity index (χ4n) is 2.21. The zero-order valence-electron chi connectivity index (χ0n) is 13.8. The standard InChI is InChI=1S/C16H22N2O5S/c1-3-18(4-2)24(21,22)14-7-5-6-12(10-14)16(20)23-11-15(19)17-13-8-9-13/h5-7,10,13H,3-4,8-9,11H2,1-2H3,(H,17,19). The maximum Gasteiger partial charge on any atom is 0.338 e. The fourth-order valence-corrected chi connectivity index (χ4v) is 3.71. The number of carbonyl (C=O) groups is 2. The number of hydrogen-bond donors (Lipinski definition) is 1. The summed E-state index contributed by atoms with van der Waals surface area (Å²) >= 11 is 0. The third kappa shape index (κ3) is 4.55. The van der Waals surface area contributed by atoms with Gasteiger partial charge in [0.15, 0.2) is 6.61 Å². The van der Waals surface area contributed by atoms with Crippen LogP contribution in [-0.2, 0) is 19.6 Å². The molecule has 0 spiro atoms. The molecular weight excluding hydrogens is 332 g/mol. The van der Waals surface area contributed by atoms with Crippen molar-refractivity contribution < 1.29 is 22.7 Å². The van der Waals surface area contributed by atoms with E-state index in [0.29, 0.717) is 13.1 Å². The molecule has 7 nitrogen and oxygen atoms in total. The number of rotatable bonds is 8. The molecule has 1 fully saturated rings. The summed E-state index contributed by atoms with van der Waals surface area (Å²) in [5.41, 5.74) is 0.0995. The van der Waals surface area contributed by atoms with Gasteiger partial charge in [-0.05, 0) is 31.0 Å². The molecule has 1 aliphatic carbocycles. The van der Waals surface area contributed by atoms with E-state index in [2.05, 4.69) is 5.32 Å². The predicted molar refractivity (Wildman–Crippen MR) is 88.0 cm³/mol. The molecule has 2 rings (SSSR count). The third-order valence-electron chi connectivity index (χ3n) is 3.69. The largest absolute Gasteiger partial charge is 0.452 e. The summed E-state index contributed by atoms with van der Waals surface area (Å²) < 4.78 is 31.2. The highest BCUT2D eigenvalue weighted by atomic mass is 32.2. The average Bonchev–Trinajstić information content (AvgIpc) is 3.37. The molecule has 0 radical (unpaired) electrons. The van der Waals surface area contributed by atoms with Gasteiger partial charge in [-0.25, -0.2) is 13.2 Å². The Balaban J connectivity index is 2.05. The van der Waals surface area contributed by atoms with Crippen molar-refractivity contribution in [2.75, 3.05) is 19.7 Å². The summed E-state index contributed by atoms with van der Waals surface area (Å²) in [6.07, 6.45) is 1.90. The lowest BCUT2D eigenvalue weighted by Crippen LogP contribution is -2.31. The molecule has 0 atom stereocenters.